The van der Waals surface area contributed by atoms with E-state index in [1.807, 2.05) is 19.1 Å². The average molecular weight is 435 g/mol. The molecule has 0 aliphatic carbocycles. The number of morpholine rings is 1. The van der Waals surface area contributed by atoms with E-state index in [-0.39, 0.29) is 18.0 Å². The number of para-hydroxylation sites is 3. The van der Waals surface area contributed by atoms with Crippen LogP contribution >= 0.6 is 0 Å². The lowest BCUT2D eigenvalue weighted by molar-refractivity contribution is -0.135. The molecule has 1 aromatic heterocycles. The number of benzene rings is 2. The zero-order chi connectivity index (χ0) is 22.5. The van der Waals surface area contributed by atoms with Gasteiger partial charge in [-0.25, -0.2) is 0 Å². The SMILES string of the molecule is CCOc1ccccc1NC(=O)C(=O)c1cn(CC(=O)N2CCOCC2)c2ccccc12. The van der Waals surface area contributed by atoms with E-state index in [4.69, 9.17) is 9.47 Å². The van der Waals surface area contributed by atoms with E-state index in [2.05, 4.69) is 5.32 Å². The van der Waals surface area contributed by atoms with Gasteiger partial charge in [-0.2, -0.15) is 0 Å². The number of rotatable bonds is 7. The highest BCUT2D eigenvalue weighted by molar-refractivity contribution is 6.48. The monoisotopic (exact) mass is 435 g/mol. The molecule has 3 aromatic rings. The van der Waals surface area contributed by atoms with E-state index in [1.165, 1.54) is 0 Å². The predicted octanol–water partition coefficient (Wildman–Crippen LogP) is 2.72. The maximum atomic E-state index is 13.1. The Labute approximate surface area is 185 Å². The zero-order valence-corrected chi connectivity index (χ0v) is 17.9. The lowest BCUT2D eigenvalue weighted by Crippen LogP contribution is -2.42. The largest absolute Gasteiger partial charge is 0.492 e. The summed E-state index contributed by atoms with van der Waals surface area (Å²) in [5.41, 5.74) is 1.40. The Kier molecular flexibility index (Phi) is 6.51. The number of nitrogens with one attached hydrogen (secondary N) is 1. The Balaban J connectivity index is 1.58. The number of hydrogen-bond acceptors (Lipinski definition) is 5. The van der Waals surface area contributed by atoms with Crippen molar-refractivity contribution in [1.29, 1.82) is 0 Å². The fraction of sp³-hybridized carbons (Fsp3) is 0.292. The quantitative estimate of drug-likeness (QED) is 0.455. The summed E-state index contributed by atoms with van der Waals surface area (Å²) >= 11 is 0. The van der Waals surface area contributed by atoms with Gasteiger partial charge in [-0.05, 0) is 25.1 Å². The fourth-order valence-electron chi connectivity index (χ4n) is 3.77. The number of Topliss-reactive ketones (excluding diaryl/α,β-unsaturated/α-hetero) is 1. The minimum Gasteiger partial charge on any atom is -0.492 e. The van der Waals surface area contributed by atoms with Crippen molar-refractivity contribution in [3.8, 4) is 5.75 Å². The number of carbonyl (C=O) groups excluding carboxylic acids is 3. The molecule has 2 heterocycles. The van der Waals surface area contributed by atoms with Crippen LogP contribution in [0.4, 0.5) is 5.69 Å². The number of amides is 2. The van der Waals surface area contributed by atoms with Gasteiger partial charge in [-0.3, -0.25) is 14.4 Å². The van der Waals surface area contributed by atoms with Crippen LogP contribution in [0.25, 0.3) is 10.9 Å². The van der Waals surface area contributed by atoms with E-state index >= 15 is 0 Å². The molecule has 0 atom stereocenters. The van der Waals surface area contributed by atoms with Crippen molar-refractivity contribution in [3.63, 3.8) is 0 Å². The van der Waals surface area contributed by atoms with Gasteiger partial charge in [0.15, 0.2) is 0 Å². The maximum Gasteiger partial charge on any atom is 0.296 e. The molecule has 8 heteroatoms. The van der Waals surface area contributed by atoms with Gasteiger partial charge in [0.05, 0.1) is 31.1 Å². The minimum atomic E-state index is -0.764. The number of aromatic nitrogens is 1. The molecule has 1 aliphatic rings. The molecule has 0 unspecified atom stereocenters. The summed E-state index contributed by atoms with van der Waals surface area (Å²) in [6.07, 6.45) is 1.58. The second-order valence-electron chi connectivity index (χ2n) is 7.39. The molecule has 0 bridgehead atoms. The van der Waals surface area contributed by atoms with Crippen LogP contribution in [0.2, 0.25) is 0 Å². The highest BCUT2D eigenvalue weighted by Crippen LogP contribution is 2.26. The Morgan fingerprint density at radius 3 is 2.53 bits per heavy atom. The summed E-state index contributed by atoms with van der Waals surface area (Å²) in [5.74, 6) is -0.998. The molecular weight excluding hydrogens is 410 g/mol. The molecule has 0 spiro atoms. The average Bonchev–Trinajstić information content (AvgIpc) is 3.19. The van der Waals surface area contributed by atoms with Gasteiger partial charge in [-0.1, -0.05) is 30.3 Å². The number of ether oxygens (including phenoxy) is 2. The highest BCUT2D eigenvalue weighted by atomic mass is 16.5. The smallest absolute Gasteiger partial charge is 0.296 e. The third-order valence-electron chi connectivity index (χ3n) is 5.34. The first-order valence-corrected chi connectivity index (χ1v) is 10.6. The van der Waals surface area contributed by atoms with Crippen molar-refractivity contribution < 1.29 is 23.9 Å². The molecule has 32 heavy (non-hydrogen) atoms. The summed E-state index contributed by atoms with van der Waals surface area (Å²) in [4.78, 5) is 40.3. The van der Waals surface area contributed by atoms with E-state index in [0.29, 0.717) is 49.7 Å². The first kappa shape index (κ1) is 21.6. The molecule has 1 aliphatic heterocycles. The molecule has 1 saturated heterocycles. The fourth-order valence-corrected chi connectivity index (χ4v) is 3.77. The first-order valence-electron chi connectivity index (χ1n) is 10.6. The standard InChI is InChI=1S/C24H25N3O5/c1-2-32-21-10-6-4-8-19(21)25-24(30)23(29)18-15-27(20-9-5-3-7-17(18)20)16-22(28)26-11-13-31-14-12-26/h3-10,15H,2,11-14,16H2,1H3,(H,25,30). The van der Waals surface area contributed by atoms with Gasteiger partial charge in [0.25, 0.3) is 11.7 Å². The van der Waals surface area contributed by atoms with Crippen molar-refractivity contribution in [2.45, 2.75) is 13.5 Å². The van der Waals surface area contributed by atoms with Crippen molar-refractivity contribution in [1.82, 2.24) is 9.47 Å². The first-order chi connectivity index (χ1) is 15.6. The second-order valence-corrected chi connectivity index (χ2v) is 7.39. The zero-order valence-electron chi connectivity index (χ0n) is 17.9. The van der Waals surface area contributed by atoms with Crippen LogP contribution in [0.3, 0.4) is 0 Å². The number of carbonyl (C=O) groups is 3. The number of nitrogens with zero attached hydrogens (tertiary/aromatic N) is 2. The molecule has 1 fully saturated rings. The predicted molar refractivity (Wildman–Crippen MR) is 120 cm³/mol. The number of anilines is 1. The van der Waals surface area contributed by atoms with E-state index in [0.717, 1.165) is 5.52 Å². The Morgan fingerprint density at radius 2 is 1.75 bits per heavy atom. The highest BCUT2D eigenvalue weighted by Gasteiger charge is 2.24. The Morgan fingerprint density at radius 1 is 1.03 bits per heavy atom. The summed E-state index contributed by atoms with van der Waals surface area (Å²) in [6, 6.07) is 14.2. The molecule has 2 aromatic carbocycles. The van der Waals surface area contributed by atoms with Crippen molar-refractivity contribution in [2.24, 2.45) is 0 Å². The van der Waals surface area contributed by atoms with Crippen LogP contribution in [0, 0.1) is 0 Å². The van der Waals surface area contributed by atoms with Gasteiger partial charge in [-0.15, -0.1) is 0 Å². The summed E-state index contributed by atoms with van der Waals surface area (Å²) in [6.45, 7) is 4.50. The normalized spacial score (nSPS) is 13.7. The third kappa shape index (κ3) is 4.50. The molecule has 0 radical (unpaired) electrons. The molecule has 2 amide bonds. The molecule has 0 saturated carbocycles. The van der Waals surface area contributed by atoms with E-state index < -0.39 is 11.7 Å². The van der Waals surface area contributed by atoms with Gasteiger partial charge >= 0.3 is 0 Å². The topological polar surface area (TPSA) is 89.9 Å². The molecule has 1 N–H and O–H groups in total. The molecular formula is C24H25N3O5. The Hall–Kier alpha value is -3.65. The van der Waals surface area contributed by atoms with Crippen LogP contribution in [-0.2, 0) is 20.9 Å². The summed E-state index contributed by atoms with van der Waals surface area (Å²) < 4.78 is 12.5. The molecule has 8 nitrogen and oxygen atoms in total. The Bertz CT molecular complexity index is 1150. The third-order valence-corrected chi connectivity index (χ3v) is 5.34. The lowest BCUT2D eigenvalue weighted by atomic mass is 10.1. The van der Waals surface area contributed by atoms with E-state index in [1.54, 1.807) is 52.1 Å². The van der Waals surface area contributed by atoms with Gasteiger partial charge in [0, 0.05) is 30.2 Å². The van der Waals surface area contributed by atoms with Crippen LogP contribution < -0.4 is 10.1 Å². The van der Waals surface area contributed by atoms with Crippen LogP contribution in [0.15, 0.2) is 54.7 Å². The summed E-state index contributed by atoms with van der Waals surface area (Å²) in [5, 5.41) is 3.27. The van der Waals surface area contributed by atoms with Crippen LogP contribution in [0.1, 0.15) is 17.3 Å². The van der Waals surface area contributed by atoms with Crippen molar-refractivity contribution in [2.75, 3.05) is 38.2 Å². The number of ketones is 1. The lowest BCUT2D eigenvalue weighted by Gasteiger charge is -2.27. The van der Waals surface area contributed by atoms with Gasteiger partial charge in [0.2, 0.25) is 5.91 Å². The summed E-state index contributed by atoms with van der Waals surface area (Å²) in [7, 11) is 0. The number of fused-ring (bicyclic) bond motifs is 1. The van der Waals surface area contributed by atoms with Crippen LogP contribution in [-0.4, -0.2) is 60.0 Å². The van der Waals surface area contributed by atoms with E-state index in [9.17, 15) is 14.4 Å². The van der Waals surface area contributed by atoms with Crippen molar-refractivity contribution >= 4 is 34.2 Å². The molecule has 4 rings (SSSR count). The number of hydrogen-bond donors (Lipinski definition) is 1. The van der Waals surface area contributed by atoms with Gasteiger partial charge in [0.1, 0.15) is 12.3 Å². The second kappa shape index (κ2) is 9.65. The van der Waals surface area contributed by atoms with Gasteiger partial charge < -0.3 is 24.3 Å². The van der Waals surface area contributed by atoms with Crippen molar-refractivity contribution in [3.05, 3.63) is 60.3 Å². The minimum absolute atomic E-state index is 0.0526. The van der Waals surface area contributed by atoms with Crippen LogP contribution in [0.5, 0.6) is 5.75 Å². The maximum absolute atomic E-state index is 13.1. The molecule has 166 valence electrons.